The number of para-hydroxylation sites is 2. The summed E-state index contributed by atoms with van der Waals surface area (Å²) in [4.78, 5) is 5.53. The van der Waals surface area contributed by atoms with Crippen LogP contribution in [0.15, 0.2) is 194 Å². The minimum absolute atomic E-state index is 0.540. The van der Waals surface area contributed by atoms with Gasteiger partial charge in [0.1, 0.15) is 11.6 Å². The molecule has 0 aliphatic heterocycles. The fourth-order valence-corrected chi connectivity index (χ4v) is 9.11. The lowest BCUT2D eigenvalue weighted by molar-refractivity contribution is 1.01. The Hall–Kier alpha value is -9.02. The van der Waals surface area contributed by atoms with Crippen molar-refractivity contribution in [3.05, 3.63) is 211 Å². The molecular weight excluding hydrogens is 757 g/mol. The fraction of sp³-hybridized carbons (Fsp3) is 0. The number of hydrogen-bond donors (Lipinski definition) is 0. The second-order valence-electron chi connectivity index (χ2n) is 15.3. The maximum atomic E-state index is 9.94. The van der Waals surface area contributed by atoms with Crippen molar-refractivity contribution >= 4 is 43.6 Å². The van der Waals surface area contributed by atoms with Crippen LogP contribution in [0.3, 0.4) is 0 Å². The summed E-state index contributed by atoms with van der Waals surface area (Å²) in [6, 6.07) is 72.7. The number of aromatic nitrogens is 3. The molecule has 286 valence electrons. The number of fused-ring (bicyclic) bond motifs is 6. The molecule has 0 amide bonds. The van der Waals surface area contributed by atoms with E-state index < -0.39 is 0 Å². The predicted octanol–water partition coefficient (Wildman–Crippen LogP) is 13.6. The van der Waals surface area contributed by atoms with Gasteiger partial charge in [-0.3, -0.25) is 9.13 Å². The fourth-order valence-electron chi connectivity index (χ4n) is 9.11. The molecule has 0 fully saturated rings. The molecule has 8 aromatic carbocycles. The molecule has 11 rings (SSSR count). The molecule has 0 saturated heterocycles. The minimum atomic E-state index is 0.540. The molecule has 3 aromatic heterocycles. The summed E-state index contributed by atoms with van der Waals surface area (Å²) >= 11 is 0. The summed E-state index contributed by atoms with van der Waals surface area (Å²) in [5.41, 5.74) is 13.8. The topological polar surface area (TPSA) is 94.1 Å². The zero-order valence-corrected chi connectivity index (χ0v) is 33.2. The summed E-state index contributed by atoms with van der Waals surface area (Å²) in [6.45, 7) is 0. The number of pyridine rings is 1. The number of hydrogen-bond acceptors (Lipinski definition) is 4. The lowest BCUT2D eigenvalue weighted by Crippen LogP contribution is -2.04. The molecule has 6 nitrogen and oxygen atoms in total. The van der Waals surface area contributed by atoms with Gasteiger partial charge in [-0.15, -0.1) is 0 Å². The summed E-state index contributed by atoms with van der Waals surface area (Å²) < 4.78 is 4.39. The zero-order valence-electron chi connectivity index (χ0n) is 33.2. The highest BCUT2D eigenvalue weighted by molar-refractivity contribution is 6.11. The van der Waals surface area contributed by atoms with Gasteiger partial charge in [0.25, 0.3) is 0 Å². The molecular formula is C56H32N6. The van der Waals surface area contributed by atoms with Gasteiger partial charge in [0.05, 0.1) is 57.0 Å². The van der Waals surface area contributed by atoms with Crippen molar-refractivity contribution in [1.82, 2.24) is 14.1 Å². The predicted molar refractivity (Wildman–Crippen MR) is 249 cm³/mol. The molecule has 62 heavy (non-hydrogen) atoms. The average molecular weight is 789 g/mol. The average Bonchev–Trinajstić information content (AvgIpc) is 3.86. The van der Waals surface area contributed by atoms with E-state index in [-0.39, 0.29) is 0 Å². The molecule has 0 atom stereocenters. The van der Waals surface area contributed by atoms with Gasteiger partial charge in [-0.1, -0.05) is 121 Å². The third kappa shape index (κ3) is 5.82. The van der Waals surface area contributed by atoms with Crippen molar-refractivity contribution < 1.29 is 0 Å². The summed E-state index contributed by atoms with van der Waals surface area (Å²) in [7, 11) is 0. The lowest BCUT2D eigenvalue weighted by atomic mass is 9.86. The second kappa shape index (κ2) is 14.7. The van der Waals surface area contributed by atoms with Crippen molar-refractivity contribution in [2.24, 2.45) is 0 Å². The van der Waals surface area contributed by atoms with E-state index in [0.29, 0.717) is 22.5 Å². The third-order valence-electron chi connectivity index (χ3n) is 11.8. The molecule has 0 aliphatic carbocycles. The van der Waals surface area contributed by atoms with Gasteiger partial charge in [-0.05, 0) is 117 Å². The zero-order chi connectivity index (χ0) is 41.7. The quantitative estimate of drug-likeness (QED) is 0.168. The first-order chi connectivity index (χ1) is 30.6. The monoisotopic (exact) mass is 788 g/mol. The van der Waals surface area contributed by atoms with E-state index in [1.54, 1.807) is 0 Å². The molecule has 0 bridgehead atoms. The molecule has 11 aromatic rings. The van der Waals surface area contributed by atoms with Crippen LogP contribution in [0, 0.1) is 34.0 Å². The number of benzene rings is 8. The SMILES string of the molecule is N#Cc1cccc(-c2ccccc2-c2ccccc2-c2ccccc2-c2cc(-n3c4ccccc4c4ccccc43)nc(-n3c4ccc(C#N)cc4c4cc(C#N)ccc43)c2)c1. The van der Waals surface area contributed by atoms with Crippen molar-refractivity contribution in [3.8, 4) is 74.4 Å². The van der Waals surface area contributed by atoms with Gasteiger partial charge < -0.3 is 0 Å². The van der Waals surface area contributed by atoms with Crippen LogP contribution in [0.25, 0.3) is 99.8 Å². The number of rotatable bonds is 6. The Morgan fingerprint density at radius 3 is 1.18 bits per heavy atom. The van der Waals surface area contributed by atoms with Crippen LogP contribution >= 0.6 is 0 Å². The standard InChI is InChI=1S/C56H32N6/c57-33-36-12-11-13-39(28-36)41-14-1-3-16-43(41)45-18-5-6-19-46(45)44-17-4-2-15-42(44)40-31-55(61-51-22-9-7-20-47(51)48-21-8-10-23-52(48)61)60-56(32-40)62-53-26-24-37(34-58)29-49(53)50-30-38(35-59)25-27-54(50)62/h1-32H. The first-order valence-electron chi connectivity index (χ1n) is 20.3. The van der Waals surface area contributed by atoms with Crippen molar-refractivity contribution in [2.75, 3.05) is 0 Å². The summed E-state index contributed by atoms with van der Waals surface area (Å²) in [6.07, 6.45) is 0. The van der Waals surface area contributed by atoms with Crippen molar-refractivity contribution in [2.45, 2.75) is 0 Å². The Kier molecular flexibility index (Phi) is 8.54. The van der Waals surface area contributed by atoms with Crippen molar-refractivity contribution in [3.63, 3.8) is 0 Å². The highest BCUT2D eigenvalue weighted by atomic mass is 15.1. The Bertz CT molecular complexity index is 3630. The van der Waals surface area contributed by atoms with E-state index in [2.05, 4.69) is 161 Å². The Morgan fingerprint density at radius 1 is 0.306 bits per heavy atom. The molecule has 6 heteroatoms. The molecule has 0 N–H and O–H groups in total. The number of nitriles is 3. The van der Waals surface area contributed by atoms with E-state index in [1.165, 1.54) is 0 Å². The molecule has 3 heterocycles. The third-order valence-corrected chi connectivity index (χ3v) is 11.8. The van der Waals surface area contributed by atoms with Gasteiger partial charge in [0.15, 0.2) is 0 Å². The van der Waals surface area contributed by atoms with Gasteiger partial charge >= 0.3 is 0 Å². The van der Waals surface area contributed by atoms with Crippen LogP contribution in [0.4, 0.5) is 0 Å². The maximum absolute atomic E-state index is 9.94. The van der Waals surface area contributed by atoms with E-state index in [0.717, 1.165) is 93.9 Å². The first-order valence-corrected chi connectivity index (χ1v) is 20.3. The Labute approximate surface area is 357 Å². The van der Waals surface area contributed by atoms with E-state index in [4.69, 9.17) is 4.98 Å². The minimum Gasteiger partial charge on any atom is -0.294 e. The normalized spacial score (nSPS) is 11.2. The molecule has 0 unspecified atom stereocenters. The molecule has 0 aliphatic rings. The van der Waals surface area contributed by atoms with Crippen LogP contribution in [0.2, 0.25) is 0 Å². The van der Waals surface area contributed by atoms with E-state index in [1.807, 2.05) is 60.7 Å². The molecule has 0 saturated carbocycles. The van der Waals surface area contributed by atoms with Gasteiger partial charge in [-0.25, -0.2) is 4.98 Å². The van der Waals surface area contributed by atoms with E-state index >= 15 is 0 Å². The van der Waals surface area contributed by atoms with Crippen LogP contribution in [-0.2, 0) is 0 Å². The molecule has 0 radical (unpaired) electrons. The summed E-state index contributed by atoms with van der Waals surface area (Å²) in [5.74, 6) is 1.44. The lowest BCUT2D eigenvalue weighted by Gasteiger charge is -2.19. The van der Waals surface area contributed by atoms with E-state index in [9.17, 15) is 15.8 Å². The maximum Gasteiger partial charge on any atom is 0.140 e. The number of nitrogens with zero attached hydrogens (tertiary/aromatic N) is 6. The smallest absolute Gasteiger partial charge is 0.140 e. The summed E-state index contributed by atoms with van der Waals surface area (Å²) in [5, 5.41) is 33.7. The van der Waals surface area contributed by atoms with Gasteiger partial charge in [0, 0.05) is 21.5 Å². The highest BCUT2D eigenvalue weighted by Gasteiger charge is 2.21. The largest absolute Gasteiger partial charge is 0.294 e. The second-order valence-corrected chi connectivity index (χ2v) is 15.3. The van der Waals surface area contributed by atoms with Crippen LogP contribution in [0.5, 0.6) is 0 Å². The highest BCUT2D eigenvalue weighted by Crippen LogP contribution is 2.43. The van der Waals surface area contributed by atoms with Crippen LogP contribution in [0.1, 0.15) is 16.7 Å². The van der Waals surface area contributed by atoms with Crippen molar-refractivity contribution in [1.29, 1.82) is 15.8 Å². The van der Waals surface area contributed by atoms with Gasteiger partial charge in [-0.2, -0.15) is 15.8 Å². The van der Waals surface area contributed by atoms with Crippen LogP contribution in [-0.4, -0.2) is 14.1 Å². The van der Waals surface area contributed by atoms with Crippen LogP contribution < -0.4 is 0 Å². The Morgan fingerprint density at radius 2 is 0.694 bits per heavy atom. The molecule has 0 spiro atoms. The van der Waals surface area contributed by atoms with Gasteiger partial charge in [0.2, 0.25) is 0 Å². The first kappa shape index (κ1) is 36.1. The Balaban J connectivity index is 1.20.